The number of amides is 3. The Morgan fingerprint density at radius 2 is 1.77 bits per heavy atom. The maximum Gasteiger partial charge on any atom is 0.329 e. The van der Waals surface area contributed by atoms with Gasteiger partial charge < -0.3 is 20.3 Å². The molecular weight excluding hydrogens is 498 g/mol. The van der Waals surface area contributed by atoms with E-state index in [0.717, 1.165) is 51.4 Å². The molecule has 4 rings (SSSR count). The van der Waals surface area contributed by atoms with Crippen molar-refractivity contribution >= 4 is 23.7 Å². The summed E-state index contributed by atoms with van der Waals surface area (Å²) in [6.07, 6.45) is 11.9. The lowest BCUT2D eigenvalue weighted by Crippen LogP contribution is -2.61. The lowest BCUT2D eigenvalue weighted by Gasteiger charge is -2.38. The summed E-state index contributed by atoms with van der Waals surface area (Å²) in [5.41, 5.74) is -0.495. The van der Waals surface area contributed by atoms with Gasteiger partial charge in [-0.1, -0.05) is 46.5 Å². The van der Waals surface area contributed by atoms with Crippen LogP contribution in [0.15, 0.2) is 18.6 Å². The predicted molar refractivity (Wildman–Crippen MR) is 144 cm³/mol. The largest absolute Gasteiger partial charge is 0.464 e. The Balaban J connectivity index is 1.56. The smallest absolute Gasteiger partial charge is 0.329 e. The molecule has 1 aromatic rings. The minimum Gasteiger partial charge on any atom is -0.464 e. The van der Waals surface area contributed by atoms with E-state index in [1.54, 1.807) is 11.8 Å². The topological polar surface area (TPSA) is 131 Å². The Bertz CT molecular complexity index is 1040. The highest BCUT2D eigenvalue weighted by atomic mass is 16.5. The van der Waals surface area contributed by atoms with E-state index in [0.29, 0.717) is 6.54 Å². The molecule has 5 unspecified atom stereocenters. The number of carbonyl (C=O) groups is 4. The summed E-state index contributed by atoms with van der Waals surface area (Å²) in [6, 6.07) is -2.31. The fourth-order valence-corrected chi connectivity index (χ4v) is 6.60. The van der Waals surface area contributed by atoms with Crippen molar-refractivity contribution in [2.75, 3.05) is 13.2 Å². The van der Waals surface area contributed by atoms with E-state index in [1.165, 1.54) is 18.6 Å². The zero-order valence-electron chi connectivity index (χ0n) is 23.7. The number of likely N-dealkylation sites (tertiary alicyclic amines) is 1. The maximum atomic E-state index is 14.1. The molecule has 5 atom stereocenters. The number of ether oxygens (including phenoxy) is 1. The van der Waals surface area contributed by atoms with Gasteiger partial charge in [0.2, 0.25) is 11.8 Å². The Morgan fingerprint density at radius 3 is 2.41 bits per heavy atom. The predicted octanol–water partition coefficient (Wildman–Crippen LogP) is 2.88. The van der Waals surface area contributed by atoms with Crippen molar-refractivity contribution in [3.8, 4) is 0 Å². The van der Waals surface area contributed by atoms with Crippen LogP contribution in [0.5, 0.6) is 0 Å². The van der Waals surface area contributed by atoms with Crippen LogP contribution in [0.3, 0.4) is 0 Å². The number of carbonyl (C=O) groups excluding carboxylic acids is 4. The maximum absolute atomic E-state index is 14.1. The van der Waals surface area contributed by atoms with Gasteiger partial charge in [-0.2, -0.15) is 0 Å². The summed E-state index contributed by atoms with van der Waals surface area (Å²) < 4.78 is 5.39. The highest BCUT2D eigenvalue weighted by Gasteiger charge is 2.52. The molecule has 39 heavy (non-hydrogen) atoms. The van der Waals surface area contributed by atoms with Crippen molar-refractivity contribution in [1.82, 2.24) is 25.5 Å². The van der Waals surface area contributed by atoms with Gasteiger partial charge in [0, 0.05) is 18.9 Å². The summed E-state index contributed by atoms with van der Waals surface area (Å²) >= 11 is 0. The van der Waals surface area contributed by atoms with Crippen molar-refractivity contribution in [3.63, 3.8) is 0 Å². The van der Waals surface area contributed by atoms with Crippen molar-refractivity contribution < 1.29 is 23.9 Å². The molecular formula is C29H43N5O5. The van der Waals surface area contributed by atoms with Gasteiger partial charge in [0.25, 0.3) is 5.91 Å². The van der Waals surface area contributed by atoms with Crippen molar-refractivity contribution in [2.24, 2.45) is 23.2 Å². The summed E-state index contributed by atoms with van der Waals surface area (Å²) in [6.45, 7) is 8.22. The molecule has 10 nitrogen and oxygen atoms in total. The van der Waals surface area contributed by atoms with Gasteiger partial charge in [0.15, 0.2) is 0 Å². The third kappa shape index (κ3) is 6.58. The monoisotopic (exact) mass is 541 g/mol. The van der Waals surface area contributed by atoms with Gasteiger partial charge in [-0.25, -0.2) is 9.78 Å². The third-order valence-corrected chi connectivity index (χ3v) is 8.59. The van der Waals surface area contributed by atoms with Gasteiger partial charge in [-0.05, 0) is 55.8 Å². The number of nitrogens with zero attached hydrogens (tertiary/aromatic N) is 3. The van der Waals surface area contributed by atoms with E-state index in [9.17, 15) is 19.2 Å². The van der Waals surface area contributed by atoms with E-state index in [4.69, 9.17) is 4.74 Å². The molecule has 3 amide bonds. The molecule has 1 saturated heterocycles. The Labute approximate surface area is 231 Å². The van der Waals surface area contributed by atoms with Crippen LogP contribution in [0, 0.1) is 23.2 Å². The van der Waals surface area contributed by atoms with Crippen molar-refractivity contribution in [1.29, 1.82) is 0 Å². The zero-order chi connectivity index (χ0) is 28.2. The van der Waals surface area contributed by atoms with Crippen LogP contribution >= 0.6 is 0 Å². The molecule has 2 saturated carbocycles. The SMILES string of the molecule is CCOC(=O)C1C2CCCC2CN1C(=O)C(NC(=O)C(NC(=O)c1cnccn1)C1CCCCC1)C(C)(C)C. The van der Waals surface area contributed by atoms with E-state index in [-0.39, 0.29) is 47.8 Å². The summed E-state index contributed by atoms with van der Waals surface area (Å²) in [4.78, 5) is 63.7. The minimum atomic E-state index is -0.875. The van der Waals surface area contributed by atoms with E-state index in [1.807, 2.05) is 20.8 Å². The lowest BCUT2D eigenvalue weighted by atomic mass is 9.82. The molecule has 0 bridgehead atoms. The first-order valence-corrected chi connectivity index (χ1v) is 14.5. The van der Waals surface area contributed by atoms with E-state index < -0.39 is 29.4 Å². The number of fused-ring (bicyclic) bond motifs is 1. The summed E-state index contributed by atoms with van der Waals surface area (Å²) in [7, 11) is 0. The third-order valence-electron chi connectivity index (χ3n) is 8.59. The van der Waals surface area contributed by atoms with Crippen LogP contribution in [-0.4, -0.2) is 69.8 Å². The number of hydrogen-bond donors (Lipinski definition) is 2. The fraction of sp³-hybridized carbons (Fsp3) is 0.724. The average Bonchev–Trinajstić information content (AvgIpc) is 3.52. The fourth-order valence-electron chi connectivity index (χ4n) is 6.60. The average molecular weight is 542 g/mol. The molecule has 3 aliphatic rings. The molecule has 10 heteroatoms. The molecule has 0 spiro atoms. The second-order valence-corrected chi connectivity index (χ2v) is 12.3. The number of hydrogen-bond acceptors (Lipinski definition) is 7. The molecule has 0 radical (unpaired) electrons. The molecule has 2 aliphatic carbocycles. The van der Waals surface area contributed by atoms with Gasteiger partial charge in [-0.15, -0.1) is 0 Å². The quantitative estimate of drug-likeness (QED) is 0.484. The molecule has 0 aromatic carbocycles. The molecule has 214 valence electrons. The van der Waals surface area contributed by atoms with Crippen LogP contribution in [0.1, 0.15) is 89.5 Å². The Kier molecular flexibility index (Phi) is 9.23. The first-order valence-electron chi connectivity index (χ1n) is 14.5. The Hall–Kier alpha value is -3.04. The summed E-state index contributed by atoms with van der Waals surface area (Å²) in [5, 5.41) is 5.90. The van der Waals surface area contributed by atoms with Gasteiger partial charge in [0.05, 0.1) is 12.8 Å². The Morgan fingerprint density at radius 1 is 1.03 bits per heavy atom. The second-order valence-electron chi connectivity index (χ2n) is 12.3. The molecule has 2 N–H and O–H groups in total. The number of aromatic nitrogens is 2. The van der Waals surface area contributed by atoms with E-state index in [2.05, 4.69) is 20.6 Å². The molecule has 2 heterocycles. The van der Waals surface area contributed by atoms with Gasteiger partial charge in [0.1, 0.15) is 23.8 Å². The zero-order valence-corrected chi connectivity index (χ0v) is 23.7. The van der Waals surface area contributed by atoms with Crippen molar-refractivity contribution in [3.05, 3.63) is 24.3 Å². The second kappa shape index (κ2) is 12.4. The molecule has 1 aliphatic heterocycles. The van der Waals surface area contributed by atoms with Crippen LogP contribution in [0.4, 0.5) is 0 Å². The first kappa shape index (κ1) is 29.0. The van der Waals surface area contributed by atoms with Crippen molar-refractivity contribution in [2.45, 2.75) is 97.2 Å². The number of nitrogens with one attached hydrogen (secondary N) is 2. The number of rotatable bonds is 8. The molecule has 1 aromatic heterocycles. The van der Waals surface area contributed by atoms with Gasteiger partial charge in [-0.3, -0.25) is 19.4 Å². The normalized spacial score (nSPS) is 24.9. The van der Waals surface area contributed by atoms with Gasteiger partial charge >= 0.3 is 5.97 Å². The van der Waals surface area contributed by atoms with E-state index >= 15 is 0 Å². The number of esters is 1. The van der Waals surface area contributed by atoms with Crippen LogP contribution in [0.2, 0.25) is 0 Å². The highest BCUT2D eigenvalue weighted by Crippen LogP contribution is 2.43. The van der Waals surface area contributed by atoms with Crippen LogP contribution in [-0.2, 0) is 19.1 Å². The van der Waals surface area contributed by atoms with Crippen LogP contribution in [0.25, 0.3) is 0 Å². The first-order chi connectivity index (χ1) is 18.6. The molecule has 3 fully saturated rings. The summed E-state index contributed by atoms with van der Waals surface area (Å²) in [5.74, 6) is -1.19. The van der Waals surface area contributed by atoms with Crippen LogP contribution < -0.4 is 10.6 Å². The minimum absolute atomic E-state index is 0.0477. The lowest BCUT2D eigenvalue weighted by molar-refractivity contribution is -0.156. The standard InChI is InChI=1S/C29H43N5O5/c1-5-39-28(38)23-20-13-9-12-19(20)17-34(23)27(37)24(29(2,3)4)33-26(36)22(18-10-7-6-8-11-18)32-25(35)21-16-30-14-15-31-21/h14-16,18-20,22-24H,5-13,17H2,1-4H3,(H,32,35)(H,33,36). The highest BCUT2D eigenvalue weighted by molar-refractivity contribution is 5.97.